The molecule has 2 bridgehead atoms. The predicted molar refractivity (Wildman–Crippen MR) is 60.7 cm³/mol. The summed E-state index contributed by atoms with van der Waals surface area (Å²) < 4.78 is 0. The molecule has 2 saturated heterocycles. The van der Waals surface area contributed by atoms with Crippen molar-refractivity contribution in [2.45, 2.75) is 43.8 Å². The maximum Gasteiger partial charge on any atom is 0.128 e. The number of aromatic nitrogens is 1. The lowest BCUT2D eigenvalue weighted by molar-refractivity contribution is 0.412. The number of pyridine rings is 1. The Labute approximate surface area is 90.3 Å². The SMILES string of the molecule is NC1CC2CCC(C1)N2c1ccccn1. The second-order valence-corrected chi connectivity index (χ2v) is 4.71. The van der Waals surface area contributed by atoms with Crippen LogP contribution in [-0.4, -0.2) is 23.1 Å². The molecule has 0 amide bonds. The molecule has 2 unspecified atom stereocenters. The Morgan fingerprint density at radius 3 is 2.53 bits per heavy atom. The first kappa shape index (κ1) is 9.16. The smallest absolute Gasteiger partial charge is 0.128 e. The van der Waals surface area contributed by atoms with Gasteiger partial charge in [-0.15, -0.1) is 0 Å². The minimum atomic E-state index is 0.405. The number of hydrogen-bond acceptors (Lipinski definition) is 3. The summed E-state index contributed by atoms with van der Waals surface area (Å²) in [6.07, 6.45) is 6.72. The van der Waals surface area contributed by atoms with E-state index in [1.165, 1.54) is 12.8 Å². The monoisotopic (exact) mass is 203 g/mol. The van der Waals surface area contributed by atoms with Gasteiger partial charge in [-0.2, -0.15) is 0 Å². The Morgan fingerprint density at radius 1 is 1.20 bits per heavy atom. The topological polar surface area (TPSA) is 42.1 Å². The van der Waals surface area contributed by atoms with Crippen LogP contribution in [0.3, 0.4) is 0 Å². The number of piperidine rings is 1. The van der Waals surface area contributed by atoms with Crippen LogP contribution < -0.4 is 10.6 Å². The van der Waals surface area contributed by atoms with Crippen molar-refractivity contribution >= 4 is 5.82 Å². The molecule has 15 heavy (non-hydrogen) atoms. The van der Waals surface area contributed by atoms with Crippen LogP contribution in [0.15, 0.2) is 24.4 Å². The summed E-state index contributed by atoms with van der Waals surface area (Å²) >= 11 is 0. The van der Waals surface area contributed by atoms with Crippen molar-refractivity contribution in [3.63, 3.8) is 0 Å². The predicted octanol–water partition coefficient (Wildman–Crippen LogP) is 1.54. The van der Waals surface area contributed by atoms with Crippen molar-refractivity contribution < 1.29 is 0 Å². The molecular weight excluding hydrogens is 186 g/mol. The summed E-state index contributed by atoms with van der Waals surface area (Å²) in [4.78, 5) is 6.94. The van der Waals surface area contributed by atoms with Crippen molar-refractivity contribution in [1.29, 1.82) is 0 Å². The van der Waals surface area contributed by atoms with Gasteiger partial charge in [0.25, 0.3) is 0 Å². The van der Waals surface area contributed by atoms with Gasteiger partial charge in [-0.05, 0) is 37.8 Å². The molecule has 2 aliphatic heterocycles. The van der Waals surface area contributed by atoms with E-state index in [0.717, 1.165) is 18.7 Å². The third-order valence-electron chi connectivity index (χ3n) is 3.68. The number of rotatable bonds is 1. The third kappa shape index (κ3) is 1.51. The van der Waals surface area contributed by atoms with Gasteiger partial charge in [-0.1, -0.05) is 6.07 Å². The molecule has 0 spiro atoms. The highest BCUT2D eigenvalue weighted by molar-refractivity contribution is 5.43. The number of nitrogens with two attached hydrogens (primary N) is 1. The highest BCUT2D eigenvalue weighted by atomic mass is 15.3. The van der Waals surface area contributed by atoms with Crippen LogP contribution in [0.25, 0.3) is 0 Å². The van der Waals surface area contributed by atoms with Gasteiger partial charge in [0.1, 0.15) is 5.82 Å². The summed E-state index contributed by atoms with van der Waals surface area (Å²) in [6, 6.07) is 7.82. The number of nitrogens with zero attached hydrogens (tertiary/aromatic N) is 2. The van der Waals surface area contributed by atoms with E-state index in [1.807, 2.05) is 12.3 Å². The molecular formula is C12H17N3. The average Bonchev–Trinajstić information content (AvgIpc) is 2.53. The Kier molecular flexibility index (Phi) is 2.13. The largest absolute Gasteiger partial charge is 0.351 e. The highest BCUT2D eigenvalue weighted by Crippen LogP contribution is 2.37. The minimum absolute atomic E-state index is 0.405. The van der Waals surface area contributed by atoms with Crippen LogP contribution in [0.1, 0.15) is 25.7 Å². The third-order valence-corrected chi connectivity index (χ3v) is 3.68. The number of hydrogen-bond donors (Lipinski definition) is 1. The molecule has 0 radical (unpaired) electrons. The average molecular weight is 203 g/mol. The molecule has 2 aliphatic rings. The Balaban J connectivity index is 1.89. The lowest BCUT2D eigenvalue weighted by Gasteiger charge is -2.38. The Morgan fingerprint density at radius 2 is 1.93 bits per heavy atom. The normalized spacial score (nSPS) is 34.5. The van der Waals surface area contributed by atoms with E-state index in [1.54, 1.807) is 0 Å². The van der Waals surface area contributed by atoms with Gasteiger partial charge in [0, 0.05) is 24.3 Å². The molecule has 3 nitrogen and oxygen atoms in total. The molecule has 0 saturated carbocycles. The standard InChI is InChI=1S/C12H17N3/c13-9-7-10-4-5-11(8-9)15(10)12-3-1-2-6-14-12/h1-3,6,9-11H,4-5,7-8,13H2. The van der Waals surface area contributed by atoms with Gasteiger partial charge < -0.3 is 10.6 Å². The molecule has 2 atom stereocenters. The van der Waals surface area contributed by atoms with Crippen molar-refractivity contribution in [2.75, 3.05) is 4.90 Å². The lowest BCUT2D eigenvalue weighted by atomic mass is 9.98. The summed E-state index contributed by atoms with van der Waals surface area (Å²) in [7, 11) is 0. The van der Waals surface area contributed by atoms with Gasteiger partial charge in [-0.3, -0.25) is 0 Å². The number of fused-ring (bicyclic) bond motifs is 2. The first-order valence-corrected chi connectivity index (χ1v) is 5.79. The van der Waals surface area contributed by atoms with Crippen LogP contribution in [0.2, 0.25) is 0 Å². The lowest BCUT2D eigenvalue weighted by Crippen LogP contribution is -2.47. The molecule has 3 rings (SSSR count). The van der Waals surface area contributed by atoms with Crippen LogP contribution >= 0.6 is 0 Å². The molecule has 0 aromatic carbocycles. The zero-order chi connectivity index (χ0) is 10.3. The minimum Gasteiger partial charge on any atom is -0.351 e. The van der Waals surface area contributed by atoms with E-state index in [9.17, 15) is 0 Å². The van der Waals surface area contributed by atoms with E-state index in [2.05, 4.69) is 22.0 Å². The first-order valence-electron chi connectivity index (χ1n) is 5.79. The van der Waals surface area contributed by atoms with E-state index in [-0.39, 0.29) is 0 Å². The maximum atomic E-state index is 6.05. The van der Waals surface area contributed by atoms with E-state index in [4.69, 9.17) is 5.73 Å². The zero-order valence-electron chi connectivity index (χ0n) is 8.84. The molecule has 2 fully saturated rings. The van der Waals surface area contributed by atoms with Crippen LogP contribution in [0, 0.1) is 0 Å². The van der Waals surface area contributed by atoms with Gasteiger partial charge >= 0.3 is 0 Å². The van der Waals surface area contributed by atoms with Gasteiger partial charge in [0.15, 0.2) is 0 Å². The fraction of sp³-hybridized carbons (Fsp3) is 0.583. The van der Waals surface area contributed by atoms with E-state index >= 15 is 0 Å². The summed E-state index contributed by atoms with van der Waals surface area (Å²) in [5.74, 6) is 1.14. The van der Waals surface area contributed by atoms with Crippen molar-refractivity contribution in [3.05, 3.63) is 24.4 Å². The fourth-order valence-corrected chi connectivity index (χ4v) is 3.10. The summed E-state index contributed by atoms with van der Waals surface area (Å²) in [5, 5.41) is 0. The second kappa shape index (κ2) is 3.49. The van der Waals surface area contributed by atoms with Crippen LogP contribution in [-0.2, 0) is 0 Å². The van der Waals surface area contributed by atoms with Crippen LogP contribution in [0.5, 0.6) is 0 Å². The van der Waals surface area contributed by atoms with Crippen LogP contribution in [0.4, 0.5) is 5.82 Å². The summed E-state index contributed by atoms with van der Waals surface area (Å²) in [6.45, 7) is 0. The molecule has 3 heterocycles. The van der Waals surface area contributed by atoms with Gasteiger partial charge in [0.2, 0.25) is 0 Å². The Bertz CT molecular complexity index is 324. The fourth-order valence-electron chi connectivity index (χ4n) is 3.10. The zero-order valence-corrected chi connectivity index (χ0v) is 8.84. The quantitative estimate of drug-likeness (QED) is 0.752. The molecule has 80 valence electrons. The number of anilines is 1. The van der Waals surface area contributed by atoms with E-state index in [0.29, 0.717) is 18.1 Å². The van der Waals surface area contributed by atoms with Gasteiger partial charge in [-0.25, -0.2) is 4.98 Å². The summed E-state index contributed by atoms with van der Waals surface area (Å²) in [5.41, 5.74) is 6.05. The first-order chi connectivity index (χ1) is 7.34. The molecule has 3 heteroatoms. The van der Waals surface area contributed by atoms with Crippen molar-refractivity contribution in [3.8, 4) is 0 Å². The Hall–Kier alpha value is -1.09. The van der Waals surface area contributed by atoms with Gasteiger partial charge in [0.05, 0.1) is 0 Å². The molecule has 1 aromatic heterocycles. The van der Waals surface area contributed by atoms with Crippen molar-refractivity contribution in [2.24, 2.45) is 5.73 Å². The molecule has 1 aromatic rings. The maximum absolute atomic E-state index is 6.05. The van der Waals surface area contributed by atoms with E-state index < -0.39 is 0 Å². The highest BCUT2D eigenvalue weighted by Gasteiger charge is 2.39. The molecule has 0 aliphatic carbocycles. The van der Waals surface area contributed by atoms with Crippen molar-refractivity contribution in [1.82, 2.24) is 4.98 Å². The molecule has 2 N–H and O–H groups in total. The second-order valence-electron chi connectivity index (χ2n) is 4.71.